The van der Waals surface area contributed by atoms with E-state index in [1.165, 1.54) is 0 Å². The van der Waals surface area contributed by atoms with Crippen molar-refractivity contribution in [2.75, 3.05) is 5.73 Å². The summed E-state index contributed by atoms with van der Waals surface area (Å²) in [6, 6.07) is 14.5. The molecule has 1 atom stereocenters. The Morgan fingerprint density at radius 1 is 1.11 bits per heavy atom. The highest BCUT2D eigenvalue weighted by atomic mass is 16.4. The summed E-state index contributed by atoms with van der Waals surface area (Å²) in [6.45, 7) is 0. The summed E-state index contributed by atoms with van der Waals surface area (Å²) >= 11 is 0. The predicted molar refractivity (Wildman–Crippen MR) is 68.9 cm³/mol. The first-order chi connectivity index (χ1) is 8.74. The molecular weight excluding hydrogens is 228 g/mol. The monoisotopic (exact) mass is 240 g/mol. The summed E-state index contributed by atoms with van der Waals surface area (Å²) in [4.78, 5) is 4.25. The van der Waals surface area contributed by atoms with E-state index in [0.717, 1.165) is 5.56 Å². The minimum Gasteiger partial charge on any atom is -0.437 e. The molecule has 0 amide bonds. The third kappa shape index (κ3) is 1.83. The number of hydrogen-bond acceptors (Lipinski definition) is 4. The smallest absolute Gasteiger partial charge is 0.228 e. The van der Waals surface area contributed by atoms with Crippen molar-refractivity contribution in [1.82, 2.24) is 4.98 Å². The van der Waals surface area contributed by atoms with Gasteiger partial charge in [0, 0.05) is 5.69 Å². The SMILES string of the molecule is Nc1ccc2oc(C(O)c3ccccc3)nc2c1. The van der Waals surface area contributed by atoms with E-state index in [-0.39, 0.29) is 5.89 Å². The van der Waals surface area contributed by atoms with E-state index < -0.39 is 6.10 Å². The van der Waals surface area contributed by atoms with Crippen LogP contribution in [0.25, 0.3) is 11.1 Å². The van der Waals surface area contributed by atoms with E-state index in [0.29, 0.717) is 16.8 Å². The van der Waals surface area contributed by atoms with Crippen molar-refractivity contribution in [2.24, 2.45) is 0 Å². The van der Waals surface area contributed by atoms with Crippen molar-refractivity contribution in [3.8, 4) is 0 Å². The minimum atomic E-state index is -0.861. The van der Waals surface area contributed by atoms with Crippen LogP contribution in [-0.4, -0.2) is 10.1 Å². The molecule has 2 aromatic carbocycles. The number of fused-ring (bicyclic) bond motifs is 1. The van der Waals surface area contributed by atoms with Crippen molar-refractivity contribution in [3.63, 3.8) is 0 Å². The van der Waals surface area contributed by atoms with Gasteiger partial charge in [0.15, 0.2) is 11.7 Å². The number of aliphatic hydroxyl groups is 1. The van der Waals surface area contributed by atoms with Crippen LogP contribution in [0.15, 0.2) is 52.9 Å². The molecule has 0 fully saturated rings. The maximum Gasteiger partial charge on any atom is 0.228 e. The summed E-state index contributed by atoms with van der Waals surface area (Å²) in [7, 11) is 0. The highest BCUT2D eigenvalue weighted by Crippen LogP contribution is 2.25. The number of nitrogens with two attached hydrogens (primary N) is 1. The predicted octanol–water partition coefficient (Wildman–Crippen LogP) is 2.49. The molecular formula is C14H12N2O2. The molecule has 0 saturated heterocycles. The highest BCUT2D eigenvalue weighted by Gasteiger charge is 2.16. The third-order valence-electron chi connectivity index (χ3n) is 2.78. The number of aliphatic hydroxyl groups excluding tert-OH is 1. The number of aromatic nitrogens is 1. The number of anilines is 1. The molecule has 3 aromatic rings. The van der Waals surface area contributed by atoms with Crippen LogP contribution in [0.3, 0.4) is 0 Å². The Morgan fingerprint density at radius 3 is 2.67 bits per heavy atom. The van der Waals surface area contributed by atoms with Crippen LogP contribution < -0.4 is 5.73 Å². The van der Waals surface area contributed by atoms with Crippen molar-refractivity contribution in [3.05, 3.63) is 60.0 Å². The molecule has 0 bridgehead atoms. The molecule has 0 aliphatic rings. The van der Waals surface area contributed by atoms with Crippen LogP contribution >= 0.6 is 0 Å². The van der Waals surface area contributed by atoms with E-state index in [1.807, 2.05) is 30.3 Å². The Labute approximate surface area is 104 Å². The Bertz CT molecular complexity index is 677. The molecule has 1 aromatic heterocycles. The third-order valence-corrected chi connectivity index (χ3v) is 2.78. The number of benzene rings is 2. The van der Waals surface area contributed by atoms with Crippen LogP contribution in [0, 0.1) is 0 Å². The Kier molecular flexibility index (Phi) is 2.50. The molecule has 0 aliphatic heterocycles. The van der Waals surface area contributed by atoms with Crippen molar-refractivity contribution in [1.29, 1.82) is 0 Å². The molecule has 0 radical (unpaired) electrons. The van der Waals surface area contributed by atoms with Crippen LogP contribution in [0.5, 0.6) is 0 Å². The van der Waals surface area contributed by atoms with Gasteiger partial charge in [-0.3, -0.25) is 0 Å². The lowest BCUT2D eigenvalue weighted by Crippen LogP contribution is -1.99. The van der Waals surface area contributed by atoms with Crippen molar-refractivity contribution < 1.29 is 9.52 Å². The van der Waals surface area contributed by atoms with Gasteiger partial charge in [0.25, 0.3) is 0 Å². The molecule has 4 heteroatoms. The number of hydrogen-bond donors (Lipinski definition) is 2. The van der Waals surface area contributed by atoms with Crippen LogP contribution in [-0.2, 0) is 0 Å². The highest BCUT2D eigenvalue weighted by molar-refractivity contribution is 5.76. The van der Waals surface area contributed by atoms with E-state index in [2.05, 4.69) is 4.98 Å². The maximum atomic E-state index is 10.2. The molecule has 0 saturated carbocycles. The van der Waals surface area contributed by atoms with Crippen molar-refractivity contribution >= 4 is 16.8 Å². The normalized spacial score (nSPS) is 12.7. The van der Waals surface area contributed by atoms with Crippen LogP contribution in [0.2, 0.25) is 0 Å². The fourth-order valence-corrected chi connectivity index (χ4v) is 1.86. The topological polar surface area (TPSA) is 72.3 Å². The summed E-state index contributed by atoms with van der Waals surface area (Å²) in [5, 5.41) is 10.2. The van der Waals surface area contributed by atoms with E-state index in [9.17, 15) is 5.11 Å². The summed E-state index contributed by atoms with van der Waals surface area (Å²) in [5.41, 5.74) is 8.32. The zero-order valence-electron chi connectivity index (χ0n) is 9.58. The van der Waals surface area contributed by atoms with Gasteiger partial charge in [-0.25, -0.2) is 4.98 Å². The van der Waals surface area contributed by atoms with Crippen LogP contribution in [0.1, 0.15) is 17.6 Å². The molecule has 4 nitrogen and oxygen atoms in total. The molecule has 0 spiro atoms. The largest absolute Gasteiger partial charge is 0.437 e. The summed E-state index contributed by atoms with van der Waals surface area (Å²) in [5.74, 6) is 0.279. The van der Waals surface area contributed by atoms with Crippen LogP contribution in [0.4, 0.5) is 5.69 Å². The molecule has 3 N–H and O–H groups in total. The molecule has 1 heterocycles. The zero-order chi connectivity index (χ0) is 12.5. The lowest BCUT2D eigenvalue weighted by atomic mass is 10.1. The first-order valence-electron chi connectivity index (χ1n) is 5.63. The quantitative estimate of drug-likeness (QED) is 0.675. The van der Waals surface area contributed by atoms with Crippen molar-refractivity contribution in [2.45, 2.75) is 6.10 Å². The summed E-state index contributed by atoms with van der Waals surface area (Å²) < 4.78 is 5.52. The Hall–Kier alpha value is -2.33. The Morgan fingerprint density at radius 2 is 1.89 bits per heavy atom. The number of nitrogens with zero attached hydrogens (tertiary/aromatic N) is 1. The Balaban J connectivity index is 2.04. The first-order valence-corrected chi connectivity index (χ1v) is 5.63. The number of rotatable bonds is 2. The van der Waals surface area contributed by atoms with E-state index in [4.69, 9.17) is 10.2 Å². The fourth-order valence-electron chi connectivity index (χ4n) is 1.86. The molecule has 0 aliphatic carbocycles. The average Bonchev–Trinajstić information content (AvgIpc) is 2.81. The second-order valence-corrected chi connectivity index (χ2v) is 4.09. The second kappa shape index (κ2) is 4.16. The zero-order valence-corrected chi connectivity index (χ0v) is 9.58. The first kappa shape index (κ1) is 10.8. The molecule has 1 unspecified atom stereocenters. The second-order valence-electron chi connectivity index (χ2n) is 4.09. The lowest BCUT2D eigenvalue weighted by molar-refractivity contribution is 0.185. The van der Waals surface area contributed by atoms with Gasteiger partial charge in [0.1, 0.15) is 5.52 Å². The van der Waals surface area contributed by atoms with E-state index in [1.54, 1.807) is 18.2 Å². The molecule has 18 heavy (non-hydrogen) atoms. The average molecular weight is 240 g/mol. The standard InChI is InChI=1S/C14H12N2O2/c15-10-6-7-12-11(8-10)16-14(18-12)13(17)9-4-2-1-3-5-9/h1-8,13,17H,15H2. The van der Waals surface area contributed by atoms with Gasteiger partial charge >= 0.3 is 0 Å². The molecule has 3 rings (SSSR count). The summed E-state index contributed by atoms with van der Waals surface area (Å²) in [6.07, 6.45) is -0.861. The maximum absolute atomic E-state index is 10.2. The van der Waals surface area contributed by atoms with Gasteiger partial charge in [-0.1, -0.05) is 30.3 Å². The van der Waals surface area contributed by atoms with E-state index >= 15 is 0 Å². The fraction of sp³-hybridized carbons (Fsp3) is 0.0714. The van der Waals surface area contributed by atoms with Gasteiger partial charge in [-0.05, 0) is 23.8 Å². The van der Waals surface area contributed by atoms with Gasteiger partial charge in [0.05, 0.1) is 0 Å². The van der Waals surface area contributed by atoms with Gasteiger partial charge in [-0.2, -0.15) is 0 Å². The number of nitrogen functional groups attached to an aromatic ring is 1. The van der Waals surface area contributed by atoms with Gasteiger partial charge in [-0.15, -0.1) is 0 Å². The van der Waals surface area contributed by atoms with Gasteiger partial charge in [0.2, 0.25) is 5.89 Å². The lowest BCUT2D eigenvalue weighted by Gasteiger charge is -2.05. The van der Waals surface area contributed by atoms with Gasteiger partial charge < -0.3 is 15.3 Å². The minimum absolute atomic E-state index is 0.279. The number of oxazole rings is 1. The molecule has 90 valence electrons.